The van der Waals surface area contributed by atoms with Crippen LogP contribution in [0.25, 0.3) is 11.0 Å². The van der Waals surface area contributed by atoms with Crippen LogP contribution in [0.2, 0.25) is 0 Å². The number of carboxylic acids is 1. The molecule has 1 aromatic carbocycles. The molecule has 2 aromatic rings. The summed E-state index contributed by atoms with van der Waals surface area (Å²) in [6.07, 6.45) is -0.236. The largest absolute Gasteiger partial charge is 0.481 e. The number of carbonyl (C=O) groups is 2. The molecular weight excluding hydrogens is 242 g/mol. The second-order valence-corrected chi connectivity index (χ2v) is 3.91. The molecule has 88 valence electrons. The van der Waals surface area contributed by atoms with Crippen LogP contribution in [0, 0.1) is 0 Å². The fourth-order valence-corrected chi connectivity index (χ4v) is 1.89. The normalized spacial score (nSPS) is 10.4. The van der Waals surface area contributed by atoms with E-state index in [-0.39, 0.29) is 18.7 Å². The van der Waals surface area contributed by atoms with Gasteiger partial charge in [-0.25, -0.2) is 0 Å². The summed E-state index contributed by atoms with van der Waals surface area (Å²) in [4.78, 5) is 21.8. The zero-order valence-electron chi connectivity index (χ0n) is 8.71. The van der Waals surface area contributed by atoms with Gasteiger partial charge < -0.3 is 10.4 Å². The minimum absolute atomic E-state index is 0.0523. The van der Waals surface area contributed by atoms with Crippen LogP contribution in [-0.2, 0) is 9.59 Å². The summed E-state index contributed by atoms with van der Waals surface area (Å²) in [5.41, 5.74) is 1.90. The van der Waals surface area contributed by atoms with Crippen molar-refractivity contribution < 1.29 is 14.7 Å². The van der Waals surface area contributed by atoms with Gasteiger partial charge in [0, 0.05) is 6.42 Å². The van der Waals surface area contributed by atoms with Gasteiger partial charge in [0.05, 0.1) is 23.8 Å². The highest BCUT2D eigenvalue weighted by molar-refractivity contribution is 7.00. The van der Waals surface area contributed by atoms with Crippen LogP contribution in [0.4, 0.5) is 5.69 Å². The number of anilines is 1. The molecule has 1 heterocycles. The minimum Gasteiger partial charge on any atom is -0.481 e. The highest BCUT2D eigenvalue weighted by atomic mass is 32.1. The maximum Gasteiger partial charge on any atom is 0.303 e. The number of aromatic nitrogens is 2. The summed E-state index contributed by atoms with van der Waals surface area (Å²) in [5, 5.41) is 11.1. The minimum atomic E-state index is -0.992. The van der Waals surface area contributed by atoms with E-state index in [1.165, 1.54) is 0 Å². The SMILES string of the molecule is O=C(O)CCC(=O)Nc1cccc2nsnc12. The van der Waals surface area contributed by atoms with Crippen molar-refractivity contribution in [1.82, 2.24) is 8.75 Å². The van der Waals surface area contributed by atoms with E-state index < -0.39 is 5.97 Å². The van der Waals surface area contributed by atoms with Crippen LogP contribution in [-0.4, -0.2) is 25.7 Å². The average molecular weight is 251 g/mol. The summed E-state index contributed by atoms with van der Waals surface area (Å²) in [6.45, 7) is 0. The lowest BCUT2D eigenvalue weighted by molar-refractivity contribution is -0.138. The summed E-state index contributed by atoms with van der Waals surface area (Å²) >= 11 is 1.07. The Balaban J connectivity index is 2.10. The third kappa shape index (κ3) is 2.76. The number of fused-ring (bicyclic) bond motifs is 1. The van der Waals surface area contributed by atoms with Crippen LogP contribution in [0.1, 0.15) is 12.8 Å². The third-order valence-corrected chi connectivity index (χ3v) is 2.67. The molecule has 0 saturated carbocycles. The lowest BCUT2D eigenvalue weighted by atomic mass is 10.2. The first-order valence-electron chi connectivity index (χ1n) is 4.90. The fraction of sp³-hybridized carbons (Fsp3) is 0.200. The Labute approximate surface area is 101 Å². The molecule has 0 aliphatic rings. The molecule has 1 amide bonds. The van der Waals surface area contributed by atoms with E-state index in [2.05, 4.69) is 14.1 Å². The standard InChI is InChI=1S/C10H9N3O3S/c14-8(4-5-9(15)16)11-6-2-1-3-7-10(6)13-17-12-7/h1-3H,4-5H2,(H,11,14)(H,15,16). The van der Waals surface area contributed by atoms with Gasteiger partial charge in [0.25, 0.3) is 0 Å². The van der Waals surface area contributed by atoms with Gasteiger partial charge in [-0.15, -0.1) is 0 Å². The number of carbonyl (C=O) groups excluding carboxylic acids is 1. The number of hydrogen-bond donors (Lipinski definition) is 2. The van der Waals surface area contributed by atoms with Crippen molar-refractivity contribution in [3.63, 3.8) is 0 Å². The Hall–Kier alpha value is -2.02. The topological polar surface area (TPSA) is 92.2 Å². The van der Waals surface area contributed by atoms with Gasteiger partial charge in [0.1, 0.15) is 11.0 Å². The molecule has 7 heteroatoms. The van der Waals surface area contributed by atoms with E-state index in [9.17, 15) is 9.59 Å². The average Bonchev–Trinajstić information content (AvgIpc) is 2.75. The molecule has 17 heavy (non-hydrogen) atoms. The van der Waals surface area contributed by atoms with Crippen LogP contribution >= 0.6 is 11.7 Å². The van der Waals surface area contributed by atoms with Crippen molar-refractivity contribution in [3.05, 3.63) is 18.2 Å². The zero-order valence-corrected chi connectivity index (χ0v) is 9.53. The molecule has 0 unspecified atom stereocenters. The number of nitrogens with zero attached hydrogens (tertiary/aromatic N) is 2. The van der Waals surface area contributed by atoms with Gasteiger partial charge in [-0.05, 0) is 12.1 Å². The number of carboxylic acid groups (broad SMARTS) is 1. The first kappa shape index (κ1) is 11.5. The van der Waals surface area contributed by atoms with Crippen LogP contribution in [0.15, 0.2) is 18.2 Å². The second-order valence-electron chi connectivity index (χ2n) is 3.38. The Morgan fingerprint density at radius 3 is 2.88 bits per heavy atom. The van der Waals surface area contributed by atoms with E-state index in [1.54, 1.807) is 18.2 Å². The van der Waals surface area contributed by atoms with Crippen molar-refractivity contribution >= 4 is 40.3 Å². The number of rotatable bonds is 4. The lowest BCUT2D eigenvalue weighted by Gasteiger charge is -2.03. The first-order valence-corrected chi connectivity index (χ1v) is 5.63. The lowest BCUT2D eigenvalue weighted by Crippen LogP contribution is -2.13. The Kier molecular flexibility index (Phi) is 3.29. The Morgan fingerprint density at radius 1 is 1.29 bits per heavy atom. The molecule has 6 nitrogen and oxygen atoms in total. The second kappa shape index (κ2) is 4.88. The summed E-state index contributed by atoms with van der Waals surface area (Å²) in [7, 11) is 0. The first-order chi connectivity index (χ1) is 8.16. The molecule has 0 atom stereocenters. The number of hydrogen-bond acceptors (Lipinski definition) is 5. The van der Waals surface area contributed by atoms with Gasteiger partial charge in [-0.2, -0.15) is 8.75 Å². The van der Waals surface area contributed by atoms with Crippen molar-refractivity contribution in [2.75, 3.05) is 5.32 Å². The van der Waals surface area contributed by atoms with Crippen LogP contribution in [0.5, 0.6) is 0 Å². The molecular formula is C10H9N3O3S. The van der Waals surface area contributed by atoms with Gasteiger partial charge in [-0.3, -0.25) is 9.59 Å². The molecule has 1 aromatic heterocycles. The number of amides is 1. The maximum absolute atomic E-state index is 11.5. The molecule has 0 aliphatic carbocycles. The van der Waals surface area contributed by atoms with Crippen molar-refractivity contribution in [2.45, 2.75) is 12.8 Å². The van der Waals surface area contributed by atoms with Gasteiger partial charge in [-0.1, -0.05) is 6.07 Å². The van der Waals surface area contributed by atoms with E-state index in [1.807, 2.05) is 0 Å². The van der Waals surface area contributed by atoms with Gasteiger partial charge in [0.15, 0.2) is 0 Å². The third-order valence-electron chi connectivity index (χ3n) is 2.13. The molecule has 0 aliphatic heterocycles. The van der Waals surface area contributed by atoms with Crippen LogP contribution < -0.4 is 5.32 Å². The monoisotopic (exact) mass is 251 g/mol. The number of benzene rings is 1. The van der Waals surface area contributed by atoms with E-state index in [4.69, 9.17) is 5.11 Å². The summed E-state index contributed by atoms with van der Waals surface area (Å²) in [5.74, 6) is -1.33. The predicted molar refractivity (Wildman–Crippen MR) is 62.9 cm³/mol. The van der Waals surface area contributed by atoms with E-state index >= 15 is 0 Å². The molecule has 2 N–H and O–H groups in total. The summed E-state index contributed by atoms with van der Waals surface area (Å²) < 4.78 is 8.11. The van der Waals surface area contributed by atoms with Gasteiger partial charge >= 0.3 is 5.97 Å². The van der Waals surface area contributed by atoms with Crippen molar-refractivity contribution in [1.29, 1.82) is 0 Å². The molecule has 2 rings (SSSR count). The zero-order chi connectivity index (χ0) is 12.3. The Bertz CT molecular complexity index is 567. The van der Waals surface area contributed by atoms with Crippen LogP contribution in [0.3, 0.4) is 0 Å². The maximum atomic E-state index is 11.5. The summed E-state index contributed by atoms with van der Waals surface area (Å²) in [6, 6.07) is 5.27. The molecule has 0 radical (unpaired) electrons. The fourth-order valence-electron chi connectivity index (χ4n) is 1.34. The van der Waals surface area contributed by atoms with Crippen molar-refractivity contribution in [2.24, 2.45) is 0 Å². The van der Waals surface area contributed by atoms with E-state index in [0.29, 0.717) is 16.7 Å². The van der Waals surface area contributed by atoms with Gasteiger partial charge in [0.2, 0.25) is 5.91 Å². The predicted octanol–water partition coefficient (Wildman–Crippen LogP) is 1.49. The smallest absolute Gasteiger partial charge is 0.303 e. The highest BCUT2D eigenvalue weighted by Gasteiger charge is 2.09. The quantitative estimate of drug-likeness (QED) is 0.858. The molecule has 0 bridgehead atoms. The Morgan fingerprint density at radius 2 is 2.12 bits per heavy atom. The molecule has 0 saturated heterocycles. The van der Waals surface area contributed by atoms with E-state index in [0.717, 1.165) is 11.7 Å². The molecule has 0 spiro atoms. The molecule has 0 fully saturated rings. The number of aliphatic carboxylic acids is 1. The number of nitrogens with one attached hydrogen (secondary N) is 1. The highest BCUT2D eigenvalue weighted by Crippen LogP contribution is 2.21. The van der Waals surface area contributed by atoms with Crippen molar-refractivity contribution in [3.8, 4) is 0 Å².